The minimum Gasteiger partial charge on any atom is -0.492 e. The summed E-state index contributed by atoms with van der Waals surface area (Å²) in [5.74, 6) is 0.489. The lowest BCUT2D eigenvalue weighted by atomic mass is 10.2. The van der Waals surface area contributed by atoms with Gasteiger partial charge in [-0.2, -0.15) is 0 Å². The van der Waals surface area contributed by atoms with E-state index in [4.69, 9.17) is 4.74 Å². The van der Waals surface area contributed by atoms with E-state index in [1.54, 1.807) is 24.3 Å². The van der Waals surface area contributed by atoms with Gasteiger partial charge in [-0.25, -0.2) is 4.79 Å². The van der Waals surface area contributed by atoms with E-state index in [0.717, 1.165) is 11.3 Å². The lowest BCUT2D eigenvalue weighted by molar-refractivity contribution is -0.114. The van der Waals surface area contributed by atoms with E-state index in [0.29, 0.717) is 24.6 Å². The Bertz CT molecular complexity index is 699. The molecule has 3 N–H and O–H groups in total. The number of hydrogen-bond donors (Lipinski definition) is 3. The lowest BCUT2D eigenvalue weighted by Crippen LogP contribution is -2.32. The summed E-state index contributed by atoms with van der Waals surface area (Å²) in [6, 6.07) is 14.4. The first-order valence-electron chi connectivity index (χ1n) is 7.65. The first-order valence-corrected chi connectivity index (χ1v) is 7.65. The Morgan fingerprint density at radius 2 is 1.75 bits per heavy atom. The third-order valence-electron chi connectivity index (χ3n) is 3.12. The Morgan fingerprint density at radius 1 is 1.00 bits per heavy atom. The Balaban J connectivity index is 1.71. The van der Waals surface area contributed by atoms with Gasteiger partial charge in [0.2, 0.25) is 5.91 Å². The Morgan fingerprint density at radius 3 is 2.46 bits per heavy atom. The van der Waals surface area contributed by atoms with Crippen LogP contribution in [0, 0.1) is 6.92 Å². The van der Waals surface area contributed by atoms with Crippen LogP contribution in [0.25, 0.3) is 0 Å². The average Bonchev–Trinajstić information content (AvgIpc) is 2.53. The van der Waals surface area contributed by atoms with Crippen molar-refractivity contribution < 1.29 is 14.3 Å². The molecule has 0 aromatic heterocycles. The summed E-state index contributed by atoms with van der Waals surface area (Å²) in [7, 11) is 0. The van der Waals surface area contributed by atoms with Crippen LogP contribution in [0.2, 0.25) is 0 Å². The molecule has 2 rings (SSSR count). The van der Waals surface area contributed by atoms with E-state index in [1.165, 1.54) is 6.92 Å². The zero-order valence-corrected chi connectivity index (χ0v) is 13.8. The van der Waals surface area contributed by atoms with Crippen LogP contribution in [0.15, 0.2) is 48.5 Å². The highest BCUT2D eigenvalue weighted by molar-refractivity contribution is 5.89. The van der Waals surface area contributed by atoms with E-state index < -0.39 is 0 Å². The predicted molar refractivity (Wildman–Crippen MR) is 94.4 cm³/mol. The largest absolute Gasteiger partial charge is 0.492 e. The maximum atomic E-state index is 11.8. The molecular formula is C18H21N3O3. The molecule has 0 saturated carbocycles. The number of amides is 3. The molecule has 6 nitrogen and oxygen atoms in total. The van der Waals surface area contributed by atoms with Gasteiger partial charge in [-0.15, -0.1) is 0 Å². The zero-order valence-electron chi connectivity index (χ0n) is 13.8. The molecule has 0 bridgehead atoms. The van der Waals surface area contributed by atoms with Crippen LogP contribution in [-0.4, -0.2) is 25.1 Å². The molecule has 0 unspecified atom stereocenters. The molecule has 24 heavy (non-hydrogen) atoms. The fourth-order valence-electron chi connectivity index (χ4n) is 2.01. The normalized spacial score (nSPS) is 9.92. The van der Waals surface area contributed by atoms with Gasteiger partial charge < -0.3 is 20.7 Å². The average molecular weight is 327 g/mol. The minimum absolute atomic E-state index is 0.137. The standard InChI is InChI=1S/C18H21N3O3/c1-13-6-8-15(9-7-13)21-18(23)19-10-11-24-17-5-3-4-16(12-17)20-14(2)22/h3-9,12H,10-11H2,1-2H3,(H,20,22)(H2,19,21,23). The Kier molecular flexibility index (Phi) is 6.19. The molecule has 0 heterocycles. The van der Waals surface area contributed by atoms with Crippen LogP contribution >= 0.6 is 0 Å². The highest BCUT2D eigenvalue weighted by atomic mass is 16.5. The SMILES string of the molecule is CC(=O)Nc1cccc(OCCNC(=O)Nc2ccc(C)cc2)c1. The summed E-state index contributed by atoms with van der Waals surface area (Å²) >= 11 is 0. The van der Waals surface area contributed by atoms with Gasteiger partial charge in [-0.05, 0) is 31.2 Å². The van der Waals surface area contributed by atoms with Gasteiger partial charge in [0.1, 0.15) is 12.4 Å². The fraction of sp³-hybridized carbons (Fsp3) is 0.222. The minimum atomic E-state index is -0.283. The number of aryl methyl sites for hydroxylation is 1. The molecule has 0 aliphatic rings. The van der Waals surface area contributed by atoms with Gasteiger partial charge in [0, 0.05) is 24.4 Å². The maximum absolute atomic E-state index is 11.8. The number of ether oxygens (including phenoxy) is 1. The number of benzene rings is 2. The molecule has 0 saturated heterocycles. The number of urea groups is 1. The summed E-state index contributed by atoms with van der Waals surface area (Å²) in [5, 5.41) is 8.15. The first-order chi connectivity index (χ1) is 11.5. The predicted octanol–water partition coefficient (Wildman–Crippen LogP) is 3.15. The Labute approximate surface area is 141 Å². The van der Waals surface area contributed by atoms with Crippen LogP contribution in [-0.2, 0) is 4.79 Å². The second-order valence-electron chi connectivity index (χ2n) is 5.30. The van der Waals surface area contributed by atoms with Crippen molar-refractivity contribution in [1.29, 1.82) is 0 Å². The zero-order chi connectivity index (χ0) is 17.4. The van der Waals surface area contributed by atoms with E-state index in [2.05, 4.69) is 16.0 Å². The van der Waals surface area contributed by atoms with Crippen LogP contribution in [0.5, 0.6) is 5.75 Å². The molecule has 0 spiro atoms. The molecule has 0 radical (unpaired) electrons. The maximum Gasteiger partial charge on any atom is 0.319 e. The van der Waals surface area contributed by atoms with Crippen molar-refractivity contribution in [3.8, 4) is 5.75 Å². The number of anilines is 2. The molecular weight excluding hydrogens is 306 g/mol. The van der Waals surface area contributed by atoms with Crippen molar-refractivity contribution in [3.63, 3.8) is 0 Å². The summed E-state index contributed by atoms with van der Waals surface area (Å²) in [4.78, 5) is 22.8. The van der Waals surface area contributed by atoms with Crippen LogP contribution in [0.1, 0.15) is 12.5 Å². The monoisotopic (exact) mass is 327 g/mol. The lowest BCUT2D eigenvalue weighted by Gasteiger charge is -2.10. The first kappa shape index (κ1) is 17.3. The summed E-state index contributed by atoms with van der Waals surface area (Å²) in [6.45, 7) is 4.12. The van der Waals surface area contributed by atoms with Crippen LogP contribution in [0.3, 0.4) is 0 Å². The van der Waals surface area contributed by atoms with Crippen LogP contribution in [0.4, 0.5) is 16.2 Å². The van der Waals surface area contributed by atoms with Crippen molar-refractivity contribution >= 4 is 23.3 Å². The molecule has 3 amide bonds. The second kappa shape index (κ2) is 8.57. The molecule has 0 aliphatic carbocycles. The topological polar surface area (TPSA) is 79.5 Å². The summed E-state index contributed by atoms with van der Waals surface area (Å²) in [5.41, 5.74) is 2.54. The molecule has 126 valence electrons. The van der Waals surface area contributed by atoms with Gasteiger partial charge in [0.15, 0.2) is 0 Å². The molecule has 2 aromatic carbocycles. The third-order valence-corrected chi connectivity index (χ3v) is 3.12. The molecule has 6 heteroatoms. The van der Waals surface area contributed by atoms with Gasteiger partial charge in [0.05, 0.1) is 6.54 Å². The summed E-state index contributed by atoms with van der Waals surface area (Å²) < 4.78 is 5.55. The van der Waals surface area contributed by atoms with E-state index in [9.17, 15) is 9.59 Å². The molecule has 0 atom stereocenters. The third kappa shape index (κ3) is 6.00. The van der Waals surface area contributed by atoms with Gasteiger partial charge in [0.25, 0.3) is 0 Å². The molecule has 0 aliphatic heterocycles. The number of nitrogens with one attached hydrogen (secondary N) is 3. The Hall–Kier alpha value is -3.02. The van der Waals surface area contributed by atoms with Crippen molar-refractivity contribution in [2.45, 2.75) is 13.8 Å². The van der Waals surface area contributed by atoms with E-state index in [1.807, 2.05) is 31.2 Å². The molecule has 0 fully saturated rings. The van der Waals surface area contributed by atoms with E-state index >= 15 is 0 Å². The fourth-order valence-corrected chi connectivity index (χ4v) is 2.01. The van der Waals surface area contributed by atoms with Crippen molar-refractivity contribution in [2.24, 2.45) is 0 Å². The van der Waals surface area contributed by atoms with Crippen molar-refractivity contribution in [3.05, 3.63) is 54.1 Å². The number of carbonyl (C=O) groups is 2. The highest BCUT2D eigenvalue weighted by Crippen LogP contribution is 2.17. The smallest absolute Gasteiger partial charge is 0.319 e. The van der Waals surface area contributed by atoms with Crippen molar-refractivity contribution in [1.82, 2.24) is 5.32 Å². The number of rotatable bonds is 6. The van der Waals surface area contributed by atoms with Gasteiger partial charge >= 0.3 is 6.03 Å². The quantitative estimate of drug-likeness (QED) is 0.713. The van der Waals surface area contributed by atoms with Crippen molar-refractivity contribution in [2.75, 3.05) is 23.8 Å². The number of hydrogen-bond acceptors (Lipinski definition) is 3. The van der Waals surface area contributed by atoms with Gasteiger partial charge in [-0.1, -0.05) is 23.8 Å². The number of carbonyl (C=O) groups excluding carboxylic acids is 2. The summed E-state index contributed by atoms with van der Waals surface area (Å²) in [6.07, 6.45) is 0. The highest BCUT2D eigenvalue weighted by Gasteiger charge is 2.02. The molecule has 2 aromatic rings. The second-order valence-corrected chi connectivity index (χ2v) is 5.30. The van der Waals surface area contributed by atoms with Crippen LogP contribution < -0.4 is 20.7 Å². The van der Waals surface area contributed by atoms with Gasteiger partial charge in [-0.3, -0.25) is 4.79 Å². The van der Waals surface area contributed by atoms with E-state index in [-0.39, 0.29) is 11.9 Å².